The molecule has 1 atom stereocenters. The van der Waals surface area contributed by atoms with Gasteiger partial charge in [0.2, 0.25) is 5.76 Å². The van der Waals surface area contributed by atoms with Crippen LogP contribution in [0.3, 0.4) is 0 Å². The molecule has 0 unspecified atom stereocenters. The minimum Gasteiger partial charge on any atom is -0.477 e. The van der Waals surface area contributed by atoms with Crippen LogP contribution in [0.15, 0.2) is 43.3 Å². The quantitative estimate of drug-likeness (QED) is 0.297. The van der Waals surface area contributed by atoms with Gasteiger partial charge in [0.15, 0.2) is 6.10 Å². The second-order valence-electron chi connectivity index (χ2n) is 6.73. The predicted molar refractivity (Wildman–Crippen MR) is 121 cm³/mol. The van der Waals surface area contributed by atoms with Gasteiger partial charge in [-0.05, 0) is 74.7 Å². The summed E-state index contributed by atoms with van der Waals surface area (Å²) in [6.45, 7) is 1.39. The molecule has 1 aliphatic heterocycles. The number of nitrogens with zero attached hydrogens (tertiary/aromatic N) is 1. The second kappa shape index (κ2) is 10.2. The molecule has 1 fully saturated rings. The van der Waals surface area contributed by atoms with Crippen LogP contribution in [0, 0.1) is 0 Å². The van der Waals surface area contributed by atoms with Crippen LogP contribution in [-0.4, -0.2) is 49.1 Å². The molecule has 174 valence electrons. The van der Waals surface area contributed by atoms with Crippen molar-refractivity contribution < 1.29 is 37.8 Å². The van der Waals surface area contributed by atoms with Crippen LogP contribution in [0.4, 0.5) is 4.79 Å². The summed E-state index contributed by atoms with van der Waals surface area (Å²) in [7, 11) is 2.48. The van der Waals surface area contributed by atoms with E-state index < -0.39 is 30.0 Å². The van der Waals surface area contributed by atoms with Gasteiger partial charge in [-0.2, -0.15) is 0 Å². The maximum absolute atomic E-state index is 12.8. The van der Waals surface area contributed by atoms with Gasteiger partial charge in [0.05, 0.1) is 29.7 Å². The van der Waals surface area contributed by atoms with Gasteiger partial charge in [0, 0.05) is 0 Å². The van der Waals surface area contributed by atoms with Gasteiger partial charge in [-0.25, -0.2) is 14.4 Å². The lowest BCUT2D eigenvalue weighted by molar-refractivity contribution is -0.148. The number of benzene rings is 1. The lowest BCUT2D eigenvalue weighted by Gasteiger charge is -2.15. The molecule has 1 N–H and O–H groups in total. The topological polar surface area (TPSA) is 124 Å². The number of hydrogen-bond acceptors (Lipinski definition) is 8. The van der Waals surface area contributed by atoms with Crippen LogP contribution in [0.1, 0.15) is 28.8 Å². The molecule has 1 aromatic carbocycles. The molecule has 0 bridgehead atoms. The van der Waals surface area contributed by atoms with E-state index in [-0.39, 0.29) is 23.8 Å². The minimum absolute atomic E-state index is 0.0335. The third-order valence-corrected chi connectivity index (χ3v) is 5.66. The molecule has 1 aromatic heterocycles. The van der Waals surface area contributed by atoms with Gasteiger partial charge in [-0.1, -0.05) is 0 Å². The van der Waals surface area contributed by atoms with E-state index in [1.165, 1.54) is 32.4 Å². The van der Waals surface area contributed by atoms with Crippen molar-refractivity contribution in [3.05, 3.63) is 56.0 Å². The molecular weight excluding hydrogens is 568 g/mol. The summed E-state index contributed by atoms with van der Waals surface area (Å²) in [5, 5.41) is 2.51. The summed E-state index contributed by atoms with van der Waals surface area (Å²) in [5.41, 5.74) is 0.624. The Balaban J connectivity index is 1.78. The Kier molecular flexibility index (Phi) is 7.59. The van der Waals surface area contributed by atoms with Gasteiger partial charge < -0.3 is 23.9 Å². The number of methoxy groups -OCH3 is 2. The first-order valence-electron chi connectivity index (χ1n) is 9.39. The van der Waals surface area contributed by atoms with E-state index in [2.05, 4.69) is 46.7 Å². The highest BCUT2D eigenvalue weighted by Crippen LogP contribution is 2.36. The maximum Gasteiger partial charge on any atom is 0.373 e. The molecule has 12 heteroatoms. The summed E-state index contributed by atoms with van der Waals surface area (Å²) in [4.78, 5) is 49.2. The Morgan fingerprint density at radius 3 is 2.42 bits per heavy atom. The Bertz CT molecular complexity index is 1130. The number of carbonyl (C=O) groups is 4. The number of rotatable bonds is 7. The molecule has 0 saturated carbocycles. The number of nitrogens with one attached hydrogen (secondary N) is 1. The average Bonchev–Trinajstić information content (AvgIpc) is 3.35. The lowest BCUT2D eigenvalue weighted by Crippen LogP contribution is -2.30. The number of hydrogen-bond donors (Lipinski definition) is 1. The molecule has 1 saturated heterocycles. The van der Waals surface area contributed by atoms with E-state index in [0.29, 0.717) is 20.3 Å². The summed E-state index contributed by atoms with van der Waals surface area (Å²) >= 11 is 6.76. The number of urea groups is 1. The van der Waals surface area contributed by atoms with E-state index >= 15 is 0 Å². The first kappa shape index (κ1) is 24.5. The monoisotopic (exact) mass is 584 g/mol. The van der Waals surface area contributed by atoms with E-state index in [9.17, 15) is 19.2 Å². The van der Waals surface area contributed by atoms with Crippen molar-refractivity contribution in [3.8, 4) is 5.75 Å². The highest BCUT2D eigenvalue weighted by atomic mass is 79.9. The molecule has 0 radical (unpaired) electrons. The zero-order valence-electron chi connectivity index (χ0n) is 17.6. The first-order valence-corrected chi connectivity index (χ1v) is 11.0. The Hall–Kier alpha value is -3.12. The molecule has 33 heavy (non-hydrogen) atoms. The zero-order chi connectivity index (χ0) is 24.3. The minimum atomic E-state index is -0.836. The fourth-order valence-corrected chi connectivity index (χ4v) is 4.29. The summed E-state index contributed by atoms with van der Waals surface area (Å²) in [6.07, 6.45) is 0.656. The van der Waals surface area contributed by atoms with Crippen LogP contribution in [0.25, 0.3) is 6.08 Å². The standard InChI is InChI=1S/C21H18Br2N2O8/c1-10(19(27)30-2)32-17-13(22)6-11(7-14(17)23)8-15-18(26)25(21(29)24-15)9-12-4-5-16(33-12)20(28)31-3/h4-8,10H,9H2,1-3H3,(H,24,29)/b15-8-/t10-/m1/s1. The zero-order valence-corrected chi connectivity index (χ0v) is 20.8. The van der Waals surface area contributed by atoms with E-state index in [0.717, 1.165) is 4.90 Å². The van der Waals surface area contributed by atoms with Gasteiger partial charge in [0.25, 0.3) is 5.91 Å². The number of carbonyl (C=O) groups excluding carboxylic acids is 4. The smallest absolute Gasteiger partial charge is 0.373 e. The third-order valence-electron chi connectivity index (χ3n) is 4.48. The number of esters is 2. The third kappa shape index (κ3) is 5.45. The van der Waals surface area contributed by atoms with Crippen LogP contribution in [0.5, 0.6) is 5.75 Å². The number of amides is 3. The van der Waals surface area contributed by atoms with Crippen molar-refractivity contribution in [2.45, 2.75) is 19.6 Å². The van der Waals surface area contributed by atoms with Gasteiger partial charge >= 0.3 is 18.0 Å². The van der Waals surface area contributed by atoms with Crippen molar-refractivity contribution in [2.24, 2.45) is 0 Å². The summed E-state index contributed by atoms with van der Waals surface area (Å²) in [6, 6.07) is 5.57. The molecule has 0 spiro atoms. The van der Waals surface area contributed by atoms with Crippen molar-refractivity contribution in [1.82, 2.24) is 10.2 Å². The second-order valence-corrected chi connectivity index (χ2v) is 8.44. The van der Waals surface area contributed by atoms with Crippen LogP contribution >= 0.6 is 31.9 Å². The van der Waals surface area contributed by atoms with Crippen LogP contribution in [-0.2, 0) is 25.6 Å². The van der Waals surface area contributed by atoms with Crippen molar-refractivity contribution in [3.63, 3.8) is 0 Å². The van der Waals surface area contributed by atoms with Crippen LogP contribution in [0.2, 0.25) is 0 Å². The largest absolute Gasteiger partial charge is 0.477 e. The average molecular weight is 586 g/mol. The molecule has 2 heterocycles. The van der Waals surface area contributed by atoms with Gasteiger partial charge in [-0.15, -0.1) is 0 Å². The van der Waals surface area contributed by atoms with Gasteiger partial charge in [-0.3, -0.25) is 9.69 Å². The fourth-order valence-electron chi connectivity index (χ4n) is 2.88. The van der Waals surface area contributed by atoms with Gasteiger partial charge in [0.1, 0.15) is 17.2 Å². The predicted octanol–water partition coefficient (Wildman–Crippen LogP) is 3.62. The molecule has 2 aromatic rings. The summed E-state index contributed by atoms with van der Waals surface area (Å²) < 4.78 is 21.2. The number of ether oxygens (including phenoxy) is 3. The van der Waals surface area contributed by atoms with Crippen molar-refractivity contribution in [2.75, 3.05) is 14.2 Å². The Morgan fingerprint density at radius 2 is 1.82 bits per heavy atom. The van der Waals surface area contributed by atoms with E-state index in [1.54, 1.807) is 19.1 Å². The molecular formula is C21H18Br2N2O8. The maximum atomic E-state index is 12.8. The van der Waals surface area contributed by atoms with Crippen molar-refractivity contribution >= 4 is 61.8 Å². The number of imide groups is 1. The SMILES string of the molecule is COC(=O)c1ccc(CN2C(=O)N/C(=C\c3cc(Br)c(O[C@H](C)C(=O)OC)c(Br)c3)C2=O)o1. The fraction of sp³-hybridized carbons (Fsp3) is 0.238. The molecule has 3 rings (SSSR count). The Morgan fingerprint density at radius 1 is 1.15 bits per heavy atom. The lowest BCUT2D eigenvalue weighted by atomic mass is 10.2. The number of halogens is 2. The van der Waals surface area contributed by atoms with Crippen LogP contribution < -0.4 is 10.1 Å². The highest BCUT2D eigenvalue weighted by Gasteiger charge is 2.34. The first-order chi connectivity index (χ1) is 15.6. The van der Waals surface area contributed by atoms with E-state index in [4.69, 9.17) is 9.15 Å². The van der Waals surface area contributed by atoms with E-state index in [1.807, 2.05) is 0 Å². The highest BCUT2D eigenvalue weighted by molar-refractivity contribution is 9.11. The molecule has 0 aliphatic carbocycles. The molecule has 1 aliphatic rings. The summed E-state index contributed by atoms with van der Waals surface area (Å²) in [5.74, 6) is -1.18. The van der Waals surface area contributed by atoms with Crippen molar-refractivity contribution in [1.29, 1.82) is 0 Å². The molecule has 10 nitrogen and oxygen atoms in total. The normalized spacial score (nSPS) is 15.4. The molecule has 3 amide bonds. The number of furan rings is 1. The Labute approximate surface area is 205 Å².